The molecule has 0 amide bonds. The summed E-state index contributed by atoms with van der Waals surface area (Å²) in [5.74, 6) is -0.564. The van der Waals surface area contributed by atoms with Crippen LogP contribution in [0.3, 0.4) is 0 Å². The Morgan fingerprint density at radius 3 is 2.48 bits per heavy atom. The Kier molecular flexibility index (Phi) is 5.61. The fourth-order valence-electron chi connectivity index (χ4n) is 2.22. The van der Waals surface area contributed by atoms with E-state index in [1.54, 1.807) is 6.07 Å². The summed E-state index contributed by atoms with van der Waals surface area (Å²) in [5, 5.41) is 17.7. The van der Waals surface area contributed by atoms with Crippen molar-refractivity contribution in [3.05, 3.63) is 36.4 Å². The lowest BCUT2D eigenvalue weighted by Crippen LogP contribution is -2.13. The molecule has 1 atom stereocenters. The van der Waals surface area contributed by atoms with Crippen molar-refractivity contribution in [3.8, 4) is 5.75 Å². The van der Waals surface area contributed by atoms with Crippen LogP contribution in [0.1, 0.15) is 13.8 Å². The largest absolute Gasteiger partial charge is 0.491 e. The molecule has 25 heavy (non-hydrogen) atoms. The summed E-state index contributed by atoms with van der Waals surface area (Å²) in [7, 11) is 0. The normalized spacial score (nSPS) is 11.6. The predicted molar refractivity (Wildman–Crippen MR) is 98.6 cm³/mol. The molecule has 2 aromatic carbocycles. The van der Waals surface area contributed by atoms with E-state index in [0.29, 0.717) is 23.7 Å². The van der Waals surface area contributed by atoms with Crippen LogP contribution in [0.5, 0.6) is 5.75 Å². The molecule has 0 spiro atoms. The highest BCUT2D eigenvalue weighted by atomic mass is 16.5. The average molecular weight is 343 g/mol. The molecule has 3 rings (SSSR count). The number of carboxylic acids is 1. The number of carbonyl (C=O) groups is 1. The Labute approximate surface area is 144 Å². The number of nitrogens with zero attached hydrogens (tertiary/aromatic N) is 1. The smallest absolute Gasteiger partial charge is 0.332 e. The Balaban J connectivity index is 0.000000326. The van der Waals surface area contributed by atoms with Crippen molar-refractivity contribution >= 4 is 39.1 Å². The molecule has 0 aliphatic heterocycles. The van der Waals surface area contributed by atoms with E-state index in [4.69, 9.17) is 26.4 Å². The zero-order valence-electron chi connectivity index (χ0n) is 14.1. The number of pyridine rings is 1. The fraction of sp³-hybridized carbons (Fsp3) is 0.222. The van der Waals surface area contributed by atoms with Gasteiger partial charge in [-0.2, -0.15) is 0 Å². The van der Waals surface area contributed by atoms with Crippen molar-refractivity contribution in [1.29, 1.82) is 0 Å². The number of aliphatic hydroxyl groups excluding tert-OH is 1. The summed E-state index contributed by atoms with van der Waals surface area (Å²) < 4.78 is 5.63. The first-order valence-corrected chi connectivity index (χ1v) is 7.76. The Morgan fingerprint density at radius 2 is 1.88 bits per heavy atom. The maximum atomic E-state index is 9.45. The zero-order chi connectivity index (χ0) is 18.6. The number of rotatable bonds is 3. The molecule has 0 bridgehead atoms. The van der Waals surface area contributed by atoms with Crippen molar-refractivity contribution in [1.82, 2.24) is 4.98 Å². The molecule has 7 heteroatoms. The number of aromatic nitrogens is 1. The number of para-hydroxylation sites is 1. The summed E-state index contributed by atoms with van der Waals surface area (Å²) in [6.45, 7) is 3.65. The number of fused-ring (bicyclic) bond motifs is 2. The standard InChI is InChI=1S/C15H15N3O.C3H6O3/c1-2-19-15-10-7-9-5-3-4-6-12(9)18-13(10)8-11(16)14(15)17;1-2(4)3(5)6/h3-8H,2,16-17H2,1H3;2,4H,1H3,(H,5,6). The number of carboxylic acid groups (broad SMARTS) is 1. The topological polar surface area (TPSA) is 132 Å². The zero-order valence-corrected chi connectivity index (χ0v) is 14.1. The van der Waals surface area contributed by atoms with Crippen molar-refractivity contribution < 1.29 is 19.7 Å². The lowest BCUT2D eigenvalue weighted by molar-refractivity contribution is -0.145. The summed E-state index contributed by atoms with van der Waals surface area (Å²) in [4.78, 5) is 14.1. The highest BCUT2D eigenvalue weighted by Gasteiger charge is 2.12. The number of aliphatic carboxylic acids is 1. The molecule has 3 aromatic rings. The number of ether oxygens (including phenoxy) is 1. The molecule has 0 aliphatic carbocycles. The summed E-state index contributed by atoms with van der Waals surface area (Å²) in [6, 6.07) is 11.8. The van der Waals surface area contributed by atoms with E-state index in [9.17, 15) is 4.79 Å². The lowest BCUT2D eigenvalue weighted by Gasteiger charge is -2.13. The van der Waals surface area contributed by atoms with Crippen LogP contribution < -0.4 is 16.2 Å². The van der Waals surface area contributed by atoms with Gasteiger partial charge in [0.1, 0.15) is 6.10 Å². The molecule has 6 N–H and O–H groups in total. The second kappa shape index (κ2) is 7.67. The number of hydrogen-bond donors (Lipinski definition) is 4. The molecular weight excluding hydrogens is 322 g/mol. The minimum absolute atomic E-state index is 0.478. The second-order valence-corrected chi connectivity index (χ2v) is 5.40. The average Bonchev–Trinajstić information content (AvgIpc) is 2.58. The van der Waals surface area contributed by atoms with Gasteiger partial charge in [0.15, 0.2) is 5.75 Å². The number of aliphatic hydroxyl groups is 1. The van der Waals surface area contributed by atoms with Crippen LogP contribution in [-0.4, -0.2) is 33.9 Å². The molecule has 0 saturated carbocycles. The van der Waals surface area contributed by atoms with Gasteiger partial charge >= 0.3 is 5.97 Å². The molecule has 0 radical (unpaired) electrons. The van der Waals surface area contributed by atoms with Gasteiger partial charge < -0.3 is 26.4 Å². The van der Waals surface area contributed by atoms with Gasteiger partial charge in [0.2, 0.25) is 0 Å². The van der Waals surface area contributed by atoms with E-state index in [0.717, 1.165) is 21.8 Å². The molecule has 132 valence electrons. The third-order valence-corrected chi connectivity index (χ3v) is 3.49. The van der Waals surface area contributed by atoms with Gasteiger partial charge in [-0.25, -0.2) is 9.78 Å². The van der Waals surface area contributed by atoms with Gasteiger partial charge in [0.05, 0.1) is 29.0 Å². The minimum Gasteiger partial charge on any atom is -0.491 e. The van der Waals surface area contributed by atoms with Gasteiger partial charge in [-0.3, -0.25) is 0 Å². The van der Waals surface area contributed by atoms with Gasteiger partial charge in [-0.05, 0) is 32.0 Å². The molecule has 1 unspecified atom stereocenters. The summed E-state index contributed by atoms with van der Waals surface area (Å²) in [5.41, 5.74) is 14.6. The minimum atomic E-state index is -1.23. The van der Waals surface area contributed by atoms with Crippen LogP contribution in [-0.2, 0) is 4.79 Å². The van der Waals surface area contributed by atoms with Crippen LogP contribution >= 0.6 is 0 Å². The van der Waals surface area contributed by atoms with Crippen LogP contribution in [0.25, 0.3) is 21.8 Å². The lowest BCUT2D eigenvalue weighted by atomic mass is 10.1. The first-order chi connectivity index (χ1) is 11.8. The van der Waals surface area contributed by atoms with Gasteiger partial charge in [0, 0.05) is 10.8 Å². The van der Waals surface area contributed by atoms with Crippen LogP contribution in [0.2, 0.25) is 0 Å². The van der Waals surface area contributed by atoms with Gasteiger partial charge in [0.25, 0.3) is 0 Å². The third-order valence-electron chi connectivity index (χ3n) is 3.49. The maximum Gasteiger partial charge on any atom is 0.332 e. The fourth-order valence-corrected chi connectivity index (χ4v) is 2.22. The van der Waals surface area contributed by atoms with Gasteiger partial charge in [-0.15, -0.1) is 0 Å². The summed E-state index contributed by atoms with van der Waals surface area (Å²) in [6.07, 6.45) is -1.23. The summed E-state index contributed by atoms with van der Waals surface area (Å²) >= 11 is 0. The van der Waals surface area contributed by atoms with Crippen LogP contribution in [0, 0.1) is 0 Å². The highest BCUT2D eigenvalue weighted by molar-refractivity contribution is 6.01. The first kappa shape index (κ1) is 18.3. The van der Waals surface area contributed by atoms with Crippen molar-refractivity contribution in [2.45, 2.75) is 20.0 Å². The molecule has 1 aromatic heterocycles. The number of nitrogens with two attached hydrogens (primary N) is 2. The van der Waals surface area contributed by atoms with Crippen molar-refractivity contribution in [2.75, 3.05) is 18.1 Å². The number of anilines is 2. The molecule has 7 nitrogen and oxygen atoms in total. The Morgan fingerprint density at radius 1 is 1.24 bits per heavy atom. The Bertz CT molecular complexity index is 910. The molecular formula is C18H21N3O4. The SMILES string of the molecule is CC(O)C(=O)O.CCOc1c(N)c(N)cc2nc3ccccc3cc12. The predicted octanol–water partition coefficient (Wildman–Crippen LogP) is 2.40. The maximum absolute atomic E-state index is 9.45. The molecule has 0 saturated heterocycles. The van der Waals surface area contributed by atoms with E-state index in [2.05, 4.69) is 4.98 Å². The molecule has 1 heterocycles. The Hall–Kier alpha value is -3.06. The van der Waals surface area contributed by atoms with Crippen LogP contribution in [0.4, 0.5) is 11.4 Å². The number of hydrogen-bond acceptors (Lipinski definition) is 6. The van der Waals surface area contributed by atoms with E-state index < -0.39 is 12.1 Å². The number of nitrogen functional groups attached to an aromatic ring is 2. The highest BCUT2D eigenvalue weighted by Crippen LogP contribution is 2.37. The third kappa shape index (κ3) is 4.07. The van der Waals surface area contributed by atoms with E-state index in [-0.39, 0.29) is 0 Å². The second-order valence-electron chi connectivity index (χ2n) is 5.40. The van der Waals surface area contributed by atoms with Gasteiger partial charge in [-0.1, -0.05) is 18.2 Å². The first-order valence-electron chi connectivity index (χ1n) is 7.76. The molecule has 0 aliphatic rings. The monoisotopic (exact) mass is 343 g/mol. The van der Waals surface area contributed by atoms with E-state index in [1.807, 2.05) is 37.3 Å². The van der Waals surface area contributed by atoms with E-state index in [1.165, 1.54) is 6.92 Å². The quantitative estimate of drug-likeness (QED) is 0.424. The van der Waals surface area contributed by atoms with E-state index >= 15 is 0 Å². The van der Waals surface area contributed by atoms with Crippen LogP contribution in [0.15, 0.2) is 36.4 Å². The number of benzene rings is 2. The van der Waals surface area contributed by atoms with Crippen molar-refractivity contribution in [3.63, 3.8) is 0 Å². The van der Waals surface area contributed by atoms with Crippen molar-refractivity contribution in [2.24, 2.45) is 0 Å². The molecule has 0 fully saturated rings.